The molecule has 3 rings (SSSR count). The Morgan fingerprint density at radius 2 is 1.54 bits per heavy atom. The van der Waals surface area contributed by atoms with Crippen LogP contribution in [0.3, 0.4) is 0 Å². The molecule has 1 aromatic carbocycles. The van der Waals surface area contributed by atoms with Crippen molar-refractivity contribution in [2.45, 2.75) is 25.2 Å². The van der Waals surface area contributed by atoms with Gasteiger partial charge < -0.3 is 4.90 Å². The minimum absolute atomic E-state index is 0.0368. The number of rotatable bonds is 3. The zero-order valence-electron chi connectivity index (χ0n) is 14.3. The lowest BCUT2D eigenvalue weighted by atomic mass is 10.0. The van der Waals surface area contributed by atoms with E-state index in [2.05, 4.69) is 10.1 Å². The van der Waals surface area contributed by atoms with Crippen LogP contribution in [0, 0.1) is 0 Å². The Bertz CT molecular complexity index is 862. The number of likely N-dealkylation sites (tertiary alicyclic amines) is 1. The van der Waals surface area contributed by atoms with Gasteiger partial charge in [-0.3, -0.25) is 4.79 Å². The van der Waals surface area contributed by atoms with Crippen molar-refractivity contribution in [3.05, 3.63) is 41.7 Å². The molecule has 1 amide bonds. The van der Waals surface area contributed by atoms with Crippen LogP contribution in [0.5, 0.6) is 0 Å². The van der Waals surface area contributed by atoms with Crippen LogP contribution in [0.15, 0.2) is 30.6 Å². The fraction of sp³-hybridized carbons (Fsp3) is 0.353. The molecule has 0 unspecified atom stereocenters. The van der Waals surface area contributed by atoms with Gasteiger partial charge in [0.15, 0.2) is 5.82 Å². The summed E-state index contributed by atoms with van der Waals surface area (Å²) >= 11 is 0. The third kappa shape index (κ3) is 4.52. The highest BCUT2D eigenvalue weighted by Crippen LogP contribution is 2.38. The molecule has 1 aromatic heterocycles. The van der Waals surface area contributed by atoms with Gasteiger partial charge in [0.05, 0.1) is 11.1 Å². The summed E-state index contributed by atoms with van der Waals surface area (Å²) < 4.78 is 78.7. The molecule has 1 aliphatic rings. The van der Waals surface area contributed by atoms with Crippen LogP contribution in [-0.2, 0) is 17.1 Å². The van der Waals surface area contributed by atoms with Gasteiger partial charge >= 0.3 is 12.4 Å². The molecule has 150 valence electrons. The largest absolute Gasteiger partial charge is 0.416 e. The number of halogens is 6. The summed E-state index contributed by atoms with van der Waals surface area (Å²) in [6.07, 6.45) is -4.54. The zero-order valence-corrected chi connectivity index (χ0v) is 14.3. The molecule has 0 radical (unpaired) electrons. The first-order valence-electron chi connectivity index (χ1n) is 8.22. The molecule has 0 N–H and O–H groups in total. The SMILES string of the molecule is O=C(/C=C\n1cnc(-c2cc(C(F)(F)F)cc(C(F)(F)F)c2)n1)N1CCCC1. The lowest BCUT2D eigenvalue weighted by Crippen LogP contribution is -2.25. The molecule has 0 saturated carbocycles. The normalized spacial score (nSPS) is 15.6. The highest BCUT2D eigenvalue weighted by atomic mass is 19.4. The average molecular weight is 404 g/mol. The molecule has 0 bridgehead atoms. The highest BCUT2D eigenvalue weighted by molar-refractivity contribution is 5.90. The number of hydrogen-bond acceptors (Lipinski definition) is 3. The number of hydrogen-bond donors (Lipinski definition) is 0. The summed E-state index contributed by atoms with van der Waals surface area (Å²) in [6.45, 7) is 1.27. The Morgan fingerprint density at radius 1 is 0.964 bits per heavy atom. The summed E-state index contributed by atoms with van der Waals surface area (Å²) in [4.78, 5) is 17.3. The van der Waals surface area contributed by atoms with E-state index in [1.165, 1.54) is 12.3 Å². The molecule has 0 atom stereocenters. The van der Waals surface area contributed by atoms with E-state index < -0.39 is 29.0 Å². The minimum Gasteiger partial charge on any atom is -0.339 e. The molecule has 11 heteroatoms. The van der Waals surface area contributed by atoms with Crippen molar-refractivity contribution in [1.29, 1.82) is 0 Å². The number of aromatic nitrogens is 3. The summed E-state index contributed by atoms with van der Waals surface area (Å²) in [7, 11) is 0. The summed E-state index contributed by atoms with van der Waals surface area (Å²) in [5.41, 5.74) is -3.33. The van der Waals surface area contributed by atoms with Gasteiger partial charge in [0.25, 0.3) is 0 Å². The second-order valence-electron chi connectivity index (χ2n) is 6.19. The van der Waals surface area contributed by atoms with Gasteiger partial charge in [0.2, 0.25) is 5.91 Å². The number of nitrogens with zero attached hydrogens (tertiary/aromatic N) is 4. The molecule has 1 saturated heterocycles. The summed E-state index contributed by atoms with van der Waals surface area (Å²) in [6, 6.07) is 1.14. The Hall–Kier alpha value is -2.85. The quantitative estimate of drug-likeness (QED) is 0.572. The predicted molar refractivity (Wildman–Crippen MR) is 86.6 cm³/mol. The van der Waals surface area contributed by atoms with Crippen LogP contribution in [-0.4, -0.2) is 38.7 Å². The van der Waals surface area contributed by atoms with Gasteiger partial charge in [0.1, 0.15) is 6.33 Å². The molecule has 2 heterocycles. The van der Waals surface area contributed by atoms with E-state index in [9.17, 15) is 31.1 Å². The van der Waals surface area contributed by atoms with Gasteiger partial charge in [-0.2, -0.15) is 26.3 Å². The van der Waals surface area contributed by atoms with Crippen molar-refractivity contribution in [2.75, 3.05) is 13.1 Å². The maximum atomic E-state index is 12.9. The second kappa shape index (κ2) is 7.28. The fourth-order valence-corrected chi connectivity index (χ4v) is 2.75. The Labute approximate surface area is 155 Å². The molecule has 1 fully saturated rings. The van der Waals surface area contributed by atoms with Crippen LogP contribution in [0.2, 0.25) is 0 Å². The van der Waals surface area contributed by atoms with E-state index in [-0.39, 0.29) is 17.8 Å². The maximum absolute atomic E-state index is 12.9. The van der Waals surface area contributed by atoms with Crippen LogP contribution in [0.4, 0.5) is 26.3 Å². The fourth-order valence-electron chi connectivity index (χ4n) is 2.75. The van der Waals surface area contributed by atoms with E-state index in [0.29, 0.717) is 25.2 Å². The van der Waals surface area contributed by atoms with Crippen LogP contribution in [0.25, 0.3) is 17.6 Å². The van der Waals surface area contributed by atoms with Crippen LogP contribution < -0.4 is 0 Å². The van der Waals surface area contributed by atoms with Gasteiger partial charge in [0, 0.05) is 30.9 Å². The predicted octanol–water partition coefficient (Wildman–Crippen LogP) is 4.08. The molecule has 2 aromatic rings. The maximum Gasteiger partial charge on any atom is 0.416 e. The standard InChI is InChI=1S/C17H14F6N4O/c18-16(19,20)12-7-11(8-13(9-12)17(21,22)23)15-24-10-27(25-15)6-3-14(28)26-4-1-2-5-26/h3,6-10H,1-2,4-5H2/b6-3-. The van der Waals surface area contributed by atoms with Gasteiger partial charge in [-0.1, -0.05) is 0 Å². The zero-order chi connectivity index (χ0) is 20.5. The van der Waals surface area contributed by atoms with Crippen molar-refractivity contribution in [3.8, 4) is 11.4 Å². The molecule has 5 nitrogen and oxygen atoms in total. The van der Waals surface area contributed by atoms with Crippen molar-refractivity contribution >= 4 is 12.1 Å². The number of alkyl halides is 6. The number of carbonyl (C=O) groups is 1. The van der Waals surface area contributed by atoms with Crippen molar-refractivity contribution in [3.63, 3.8) is 0 Å². The number of carbonyl (C=O) groups excluding carboxylic acids is 1. The van der Waals surface area contributed by atoms with E-state index in [1.807, 2.05) is 0 Å². The van der Waals surface area contributed by atoms with Crippen molar-refractivity contribution < 1.29 is 31.1 Å². The van der Waals surface area contributed by atoms with Crippen LogP contribution in [0.1, 0.15) is 24.0 Å². The monoisotopic (exact) mass is 404 g/mol. The molecular weight excluding hydrogens is 390 g/mol. The topological polar surface area (TPSA) is 51.0 Å². The smallest absolute Gasteiger partial charge is 0.339 e. The minimum atomic E-state index is -4.96. The number of benzene rings is 1. The number of amides is 1. The molecule has 0 aliphatic carbocycles. The molecular formula is C17H14F6N4O. The van der Waals surface area contributed by atoms with E-state index >= 15 is 0 Å². The first-order valence-corrected chi connectivity index (χ1v) is 8.22. The highest BCUT2D eigenvalue weighted by Gasteiger charge is 2.37. The van der Waals surface area contributed by atoms with E-state index in [1.54, 1.807) is 4.90 Å². The van der Waals surface area contributed by atoms with E-state index in [0.717, 1.165) is 23.9 Å². The Balaban J connectivity index is 1.88. The third-order valence-electron chi connectivity index (χ3n) is 4.14. The van der Waals surface area contributed by atoms with Crippen molar-refractivity contribution in [2.24, 2.45) is 0 Å². The Morgan fingerprint density at radius 3 is 2.07 bits per heavy atom. The summed E-state index contributed by atoms with van der Waals surface area (Å²) in [5.74, 6) is -0.581. The first kappa shape index (κ1) is 19.9. The third-order valence-corrected chi connectivity index (χ3v) is 4.14. The second-order valence-corrected chi connectivity index (χ2v) is 6.19. The van der Waals surface area contributed by atoms with Gasteiger partial charge in [-0.05, 0) is 31.0 Å². The van der Waals surface area contributed by atoms with E-state index in [4.69, 9.17) is 0 Å². The van der Waals surface area contributed by atoms with Gasteiger partial charge in [-0.15, -0.1) is 5.10 Å². The van der Waals surface area contributed by atoms with Crippen LogP contribution >= 0.6 is 0 Å². The van der Waals surface area contributed by atoms with Crippen molar-refractivity contribution in [1.82, 2.24) is 19.7 Å². The first-order chi connectivity index (χ1) is 13.0. The summed E-state index contributed by atoms with van der Waals surface area (Å²) in [5, 5.41) is 3.84. The molecule has 1 aliphatic heterocycles. The lowest BCUT2D eigenvalue weighted by molar-refractivity contribution is -0.143. The molecule has 28 heavy (non-hydrogen) atoms. The molecule has 0 spiro atoms. The van der Waals surface area contributed by atoms with Gasteiger partial charge in [-0.25, -0.2) is 9.67 Å². The Kier molecular flexibility index (Phi) is 5.18. The average Bonchev–Trinajstić information content (AvgIpc) is 3.29. The lowest BCUT2D eigenvalue weighted by Gasteiger charge is -2.13.